The number of rotatable bonds is 2. The van der Waals surface area contributed by atoms with E-state index < -0.39 is 11.7 Å². The molecule has 0 spiro atoms. The number of halogens is 3. The molecule has 1 N–H and O–H groups in total. The number of alkyl halides is 3. The van der Waals surface area contributed by atoms with Gasteiger partial charge in [0.05, 0.1) is 21.8 Å². The van der Waals surface area contributed by atoms with Crippen LogP contribution in [0.5, 0.6) is 0 Å². The van der Waals surface area contributed by atoms with Gasteiger partial charge in [-0.05, 0) is 24.5 Å². The third kappa shape index (κ3) is 3.30. The Labute approximate surface area is 156 Å². The summed E-state index contributed by atoms with van der Waals surface area (Å²) in [6, 6.07) is 5.25. The summed E-state index contributed by atoms with van der Waals surface area (Å²) in [5.41, 5.74) is 1.38. The van der Waals surface area contributed by atoms with Crippen molar-refractivity contribution in [2.45, 2.75) is 25.9 Å². The predicted octanol–water partition coefficient (Wildman–Crippen LogP) is 4.34. The Kier molecular flexibility index (Phi) is 4.18. The summed E-state index contributed by atoms with van der Waals surface area (Å²) in [6.45, 7) is 1.39. The molecular weight excluding hydrogens is 377 g/mol. The van der Waals surface area contributed by atoms with Crippen molar-refractivity contribution < 1.29 is 18.0 Å². The lowest BCUT2D eigenvalue weighted by Gasteiger charge is -2.16. The van der Waals surface area contributed by atoms with Crippen LogP contribution >= 0.6 is 11.3 Å². The fourth-order valence-corrected chi connectivity index (χ4v) is 4.09. The Morgan fingerprint density at radius 1 is 1.19 bits per heavy atom. The second-order valence-corrected chi connectivity index (χ2v) is 7.09. The quantitative estimate of drug-likeness (QED) is 0.707. The molecule has 0 radical (unpaired) electrons. The van der Waals surface area contributed by atoms with Crippen LogP contribution in [-0.4, -0.2) is 20.9 Å². The largest absolute Gasteiger partial charge is 0.417 e. The van der Waals surface area contributed by atoms with Gasteiger partial charge in [-0.15, -0.1) is 0 Å². The molecule has 1 amide bonds. The Morgan fingerprint density at radius 3 is 2.70 bits per heavy atom. The zero-order valence-electron chi connectivity index (χ0n) is 14.1. The summed E-state index contributed by atoms with van der Waals surface area (Å²) in [6.07, 6.45) is -1.61. The van der Waals surface area contributed by atoms with Crippen molar-refractivity contribution in [3.8, 4) is 22.0 Å². The van der Waals surface area contributed by atoms with Gasteiger partial charge in [0.15, 0.2) is 11.0 Å². The van der Waals surface area contributed by atoms with Crippen molar-refractivity contribution in [3.63, 3.8) is 0 Å². The number of benzene rings is 1. The second-order valence-electron chi connectivity index (χ2n) is 6.09. The lowest BCUT2D eigenvalue weighted by Crippen LogP contribution is -2.10. The van der Waals surface area contributed by atoms with Crippen LogP contribution in [0, 0.1) is 0 Å². The van der Waals surface area contributed by atoms with Gasteiger partial charge in [0.25, 0.3) is 0 Å². The van der Waals surface area contributed by atoms with Gasteiger partial charge in [0.1, 0.15) is 0 Å². The minimum atomic E-state index is -4.50. The molecule has 0 unspecified atom stereocenters. The average molecular weight is 390 g/mol. The number of carbonyl (C=O) groups is 1. The highest BCUT2D eigenvalue weighted by molar-refractivity contribution is 7.19. The molecule has 0 bridgehead atoms. The molecule has 1 aliphatic carbocycles. The van der Waals surface area contributed by atoms with Crippen LogP contribution < -0.4 is 5.32 Å². The van der Waals surface area contributed by atoms with Gasteiger partial charge in [-0.3, -0.25) is 4.79 Å². The standard InChI is InChI=1S/C18H13F3N4OS/c1-9(26)23-17-24-13-7-6-10-8-22-16(25-14(10)15(13)27-17)11-4-2-3-5-12(11)18(19,20)21/h2-5,8H,6-7H2,1H3,(H,23,24,26). The molecule has 27 heavy (non-hydrogen) atoms. The van der Waals surface area contributed by atoms with Crippen LogP contribution in [0.2, 0.25) is 0 Å². The van der Waals surface area contributed by atoms with Crippen LogP contribution in [0.25, 0.3) is 22.0 Å². The molecule has 5 nitrogen and oxygen atoms in total. The van der Waals surface area contributed by atoms with E-state index in [4.69, 9.17) is 0 Å². The smallest absolute Gasteiger partial charge is 0.302 e. The molecule has 2 aromatic heterocycles. The van der Waals surface area contributed by atoms with Gasteiger partial charge in [-0.25, -0.2) is 15.0 Å². The van der Waals surface area contributed by atoms with E-state index in [0.29, 0.717) is 23.7 Å². The maximum absolute atomic E-state index is 13.3. The Hall–Kier alpha value is -2.81. The van der Waals surface area contributed by atoms with E-state index in [0.717, 1.165) is 22.2 Å². The van der Waals surface area contributed by atoms with Crippen LogP contribution in [0.15, 0.2) is 30.5 Å². The van der Waals surface area contributed by atoms with Gasteiger partial charge >= 0.3 is 6.18 Å². The van der Waals surface area contributed by atoms with E-state index in [2.05, 4.69) is 20.3 Å². The fraction of sp³-hybridized carbons (Fsp3) is 0.222. The van der Waals surface area contributed by atoms with Gasteiger partial charge in [0.2, 0.25) is 5.91 Å². The first-order valence-electron chi connectivity index (χ1n) is 8.13. The van der Waals surface area contributed by atoms with Crippen molar-refractivity contribution >= 4 is 22.4 Å². The molecule has 3 aromatic rings. The third-order valence-electron chi connectivity index (χ3n) is 4.16. The fourth-order valence-electron chi connectivity index (χ4n) is 3.00. The summed E-state index contributed by atoms with van der Waals surface area (Å²) in [4.78, 5) is 25.0. The van der Waals surface area contributed by atoms with E-state index in [1.54, 1.807) is 6.20 Å². The normalized spacial score (nSPS) is 13.0. The number of amides is 1. The number of thiazole rings is 1. The number of aryl methyl sites for hydroxylation is 2. The third-order valence-corrected chi connectivity index (χ3v) is 5.18. The van der Waals surface area contributed by atoms with E-state index >= 15 is 0 Å². The summed E-state index contributed by atoms with van der Waals surface area (Å²) in [5, 5.41) is 3.10. The van der Waals surface area contributed by atoms with E-state index in [9.17, 15) is 18.0 Å². The first-order chi connectivity index (χ1) is 12.8. The molecule has 0 aliphatic heterocycles. The Balaban J connectivity index is 1.82. The molecule has 0 saturated heterocycles. The van der Waals surface area contributed by atoms with Gasteiger partial charge in [-0.1, -0.05) is 29.5 Å². The lowest BCUT2D eigenvalue weighted by atomic mass is 9.99. The molecule has 138 valence electrons. The molecule has 1 aromatic carbocycles. The lowest BCUT2D eigenvalue weighted by molar-refractivity contribution is -0.137. The number of nitrogens with zero attached hydrogens (tertiary/aromatic N) is 3. The molecule has 4 rings (SSSR count). The van der Waals surface area contributed by atoms with Gasteiger partial charge in [-0.2, -0.15) is 13.2 Å². The number of fused-ring (bicyclic) bond motifs is 3. The van der Waals surface area contributed by atoms with Crippen LogP contribution in [0.1, 0.15) is 23.7 Å². The van der Waals surface area contributed by atoms with Crippen molar-refractivity contribution in [1.29, 1.82) is 0 Å². The minimum Gasteiger partial charge on any atom is -0.302 e. The van der Waals surface area contributed by atoms with Gasteiger partial charge in [0, 0.05) is 18.7 Å². The minimum absolute atomic E-state index is 0.0176. The van der Waals surface area contributed by atoms with Crippen LogP contribution in [-0.2, 0) is 23.8 Å². The Morgan fingerprint density at radius 2 is 1.96 bits per heavy atom. The monoisotopic (exact) mass is 390 g/mol. The molecule has 2 heterocycles. The van der Waals surface area contributed by atoms with Crippen molar-refractivity contribution in [2.75, 3.05) is 5.32 Å². The Bertz CT molecular complexity index is 1050. The van der Waals surface area contributed by atoms with E-state index in [1.165, 1.54) is 36.5 Å². The maximum Gasteiger partial charge on any atom is 0.417 e. The van der Waals surface area contributed by atoms with Crippen LogP contribution in [0.3, 0.4) is 0 Å². The summed E-state index contributed by atoms with van der Waals surface area (Å²) >= 11 is 1.26. The average Bonchev–Trinajstić information content (AvgIpc) is 3.02. The summed E-state index contributed by atoms with van der Waals surface area (Å²) in [7, 11) is 0. The molecule has 9 heteroatoms. The zero-order chi connectivity index (χ0) is 19.2. The number of carbonyl (C=O) groups excluding carboxylic acids is 1. The van der Waals surface area contributed by atoms with Gasteiger partial charge < -0.3 is 5.32 Å². The SMILES string of the molecule is CC(=O)Nc1nc2c(s1)-c1nc(-c3ccccc3C(F)(F)F)ncc1CC2. The maximum atomic E-state index is 13.3. The molecule has 1 aliphatic rings. The summed E-state index contributed by atoms with van der Waals surface area (Å²) < 4.78 is 40.0. The number of anilines is 1. The highest BCUT2D eigenvalue weighted by Crippen LogP contribution is 2.40. The number of hydrogen-bond donors (Lipinski definition) is 1. The van der Waals surface area contributed by atoms with Crippen LogP contribution in [0.4, 0.5) is 18.3 Å². The first-order valence-corrected chi connectivity index (χ1v) is 8.95. The molecule has 0 fully saturated rings. The zero-order valence-corrected chi connectivity index (χ0v) is 14.9. The van der Waals surface area contributed by atoms with Crippen molar-refractivity contribution in [3.05, 3.63) is 47.3 Å². The number of nitrogens with one attached hydrogen (secondary N) is 1. The van der Waals surface area contributed by atoms with E-state index in [-0.39, 0.29) is 17.3 Å². The van der Waals surface area contributed by atoms with Crippen molar-refractivity contribution in [2.24, 2.45) is 0 Å². The molecular formula is C18H13F3N4OS. The topological polar surface area (TPSA) is 67.8 Å². The summed E-state index contributed by atoms with van der Waals surface area (Å²) in [5.74, 6) is -0.215. The second kappa shape index (κ2) is 6.41. The first kappa shape index (κ1) is 17.6. The van der Waals surface area contributed by atoms with Crippen molar-refractivity contribution in [1.82, 2.24) is 15.0 Å². The number of aromatic nitrogens is 3. The van der Waals surface area contributed by atoms with E-state index in [1.807, 2.05) is 0 Å². The molecule has 0 saturated carbocycles. The predicted molar refractivity (Wildman–Crippen MR) is 95.3 cm³/mol. The molecule has 0 atom stereocenters. The highest BCUT2D eigenvalue weighted by atomic mass is 32.1. The number of hydrogen-bond acceptors (Lipinski definition) is 5. The highest BCUT2D eigenvalue weighted by Gasteiger charge is 2.34.